The molecule has 5 heteroatoms. The summed E-state index contributed by atoms with van der Waals surface area (Å²) in [4.78, 5) is 11.4. The number of β-amino-alcohol motifs (C(OH)–C–C–N with tert-alkyl or cyclic N) is 1. The Labute approximate surface area is 66.6 Å². The van der Waals surface area contributed by atoms with E-state index >= 15 is 0 Å². The lowest BCUT2D eigenvalue weighted by molar-refractivity contribution is -0.0653. The van der Waals surface area contributed by atoms with Crippen LogP contribution in [-0.2, 0) is 0 Å². The molecule has 1 saturated heterocycles. The van der Waals surface area contributed by atoms with Gasteiger partial charge >= 0.3 is 6.09 Å². The molecule has 1 heterocycles. The molecule has 0 aromatic rings. The van der Waals surface area contributed by atoms with Crippen LogP contribution in [0.4, 0.5) is 4.79 Å². The standard InChI is InChI=1S/C5H8BrNO3/c6-1-5(10)2-7(3-5)4(8)9/h10H,1-3H2,(H,8,9). The van der Waals surface area contributed by atoms with Gasteiger partial charge in [0.1, 0.15) is 5.60 Å². The summed E-state index contributed by atoms with van der Waals surface area (Å²) in [6, 6.07) is 0. The molecule has 1 rings (SSSR count). The number of aliphatic hydroxyl groups is 1. The third-order valence-corrected chi connectivity index (χ3v) is 2.53. The summed E-state index contributed by atoms with van der Waals surface area (Å²) in [5.41, 5.74) is -0.821. The first-order valence-electron chi connectivity index (χ1n) is 2.84. The Morgan fingerprint density at radius 2 is 2.20 bits per heavy atom. The topological polar surface area (TPSA) is 60.8 Å². The third kappa shape index (κ3) is 1.24. The molecule has 58 valence electrons. The minimum atomic E-state index is -0.967. The number of carboxylic acid groups (broad SMARTS) is 1. The van der Waals surface area contributed by atoms with E-state index in [2.05, 4.69) is 15.9 Å². The Bertz CT molecular complexity index is 155. The summed E-state index contributed by atoms with van der Waals surface area (Å²) in [6.45, 7) is 0.432. The number of nitrogens with zero attached hydrogens (tertiary/aromatic N) is 1. The van der Waals surface area contributed by atoms with E-state index in [0.29, 0.717) is 5.33 Å². The zero-order valence-electron chi connectivity index (χ0n) is 5.25. The van der Waals surface area contributed by atoms with Gasteiger partial charge in [0.05, 0.1) is 13.1 Å². The van der Waals surface area contributed by atoms with Crippen LogP contribution in [-0.4, -0.2) is 45.2 Å². The number of alkyl halides is 1. The Morgan fingerprint density at radius 1 is 1.70 bits per heavy atom. The number of halogens is 1. The molecule has 0 aromatic heterocycles. The number of hydrogen-bond acceptors (Lipinski definition) is 2. The Kier molecular flexibility index (Phi) is 1.87. The lowest BCUT2D eigenvalue weighted by Crippen LogP contribution is -2.64. The van der Waals surface area contributed by atoms with E-state index in [1.54, 1.807) is 0 Å². The van der Waals surface area contributed by atoms with Gasteiger partial charge in [-0.3, -0.25) is 0 Å². The summed E-state index contributed by atoms with van der Waals surface area (Å²) in [6.07, 6.45) is -0.967. The molecular weight excluding hydrogens is 202 g/mol. The summed E-state index contributed by atoms with van der Waals surface area (Å²) in [5, 5.41) is 18.1. The molecule has 4 nitrogen and oxygen atoms in total. The molecule has 0 unspecified atom stereocenters. The first kappa shape index (κ1) is 7.81. The van der Waals surface area contributed by atoms with Gasteiger partial charge in [0.2, 0.25) is 0 Å². The second kappa shape index (κ2) is 2.39. The van der Waals surface area contributed by atoms with E-state index in [1.807, 2.05) is 0 Å². The molecule has 0 atom stereocenters. The summed E-state index contributed by atoms with van der Waals surface area (Å²) in [5.74, 6) is 0. The van der Waals surface area contributed by atoms with E-state index < -0.39 is 11.7 Å². The van der Waals surface area contributed by atoms with Crippen molar-refractivity contribution in [3.63, 3.8) is 0 Å². The molecule has 1 amide bonds. The maximum atomic E-state index is 10.2. The van der Waals surface area contributed by atoms with Gasteiger partial charge in [0.25, 0.3) is 0 Å². The van der Waals surface area contributed by atoms with Crippen LogP contribution in [0.25, 0.3) is 0 Å². The maximum absolute atomic E-state index is 10.2. The molecule has 0 spiro atoms. The second-order valence-electron chi connectivity index (χ2n) is 2.50. The summed E-state index contributed by atoms with van der Waals surface area (Å²) < 4.78 is 0. The second-order valence-corrected chi connectivity index (χ2v) is 3.06. The molecule has 0 aromatic carbocycles. The molecule has 1 aliphatic heterocycles. The van der Waals surface area contributed by atoms with Crippen LogP contribution >= 0.6 is 15.9 Å². The van der Waals surface area contributed by atoms with Crippen LogP contribution in [0.3, 0.4) is 0 Å². The van der Waals surface area contributed by atoms with Crippen LogP contribution in [0, 0.1) is 0 Å². The Hall–Kier alpha value is -0.290. The molecular formula is C5H8BrNO3. The first-order chi connectivity index (χ1) is 4.57. The molecule has 2 N–H and O–H groups in total. The van der Waals surface area contributed by atoms with Crippen molar-refractivity contribution in [1.82, 2.24) is 4.90 Å². The van der Waals surface area contributed by atoms with Crippen molar-refractivity contribution in [3.8, 4) is 0 Å². The number of rotatable bonds is 1. The molecule has 0 saturated carbocycles. The van der Waals surface area contributed by atoms with E-state index in [4.69, 9.17) is 5.11 Å². The predicted molar refractivity (Wildman–Crippen MR) is 38.3 cm³/mol. The van der Waals surface area contributed by atoms with Gasteiger partial charge in [-0.05, 0) is 0 Å². The molecule has 1 fully saturated rings. The minimum absolute atomic E-state index is 0.216. The van der Waals surface area contributed by atoms with E-state index in [0.717, 1.165) is 0 Å². The highest BCUT2D eigenvalue weighted by atomic mass is 79.9. The van der Waals surface area contributed by atoms with Crippen LogP contribution in [0.5, 0.6) is 0 Å². The van der Waals surface area contributed by atoms with Crippen LogP contribution in [0.15, 0.2) is 0 Å². The lowest BCUT2D eigenvalue weighted by Gasteiger charge is -2.43. The molecule has 0 bridgehead atoms. The molecule has 0 aliphatic carbocycles. The minimum Gasteiger partial charge on any atom is -0.465 e. The van der Waals surface area contributed by atoms with E-state index in [1.165, 1.54) is 4.90 Å². The van der Waals surface area contributed by atoms with Crippen molar-refractivity contribution in [3.05, 3.63) is 0 Å². The predicted octanol–water partition coefficient (Wildman–Crippen LogP) is 0.106. The highest BCUT2D eigenvalue weighted by Crippen LogP contribution is 2.22. The summed E-state index contributed by atoms with van der Waals surface area (Å²) >= 11 is 3.09. The van der Waals surface area contributed by atoms with Gasteiger partial charge in [-0.15, -0.1) is 0 Å². The first-order valence-corrected chi connectivity index (χ1v) is 3.96. The highest BCUT2D eigenvalue weighted by molar-refractivity contribution is 9.09. The Balaban J connectivity index is 2.36. The molecule has 10 heavy (non-hydrogen) atoms. The fourth-order valence-electron chi connectivity index (χ4n) is 0.884. The number of carbonyl (C=O) groups is 1. The van der Waals surface area contributed by atoms with E-state index in [-0.39, 0.29) is 13.1 Å². The maximum Gasteiger partial charge on any atom is 0.407 e. The molecule has 0 radical (unpaired) electrons. The lowest BCUT2D eigenvalue weighted by atomic mass is 9.98. The van der Waals surface area contributed by atoms with Gasteiger partial charge in [-0.25, -0.2) is 4.79 Å². The fourth-order valence-corrected chi connectivity index (χ4v) is 1.24. The zero-order chi connectivity index (χ0) is 7.78. The van der Waals surface area contributed by atoms with Gasteiger partial charge < -0.3 is 15.1 Å². The average molecular weight is 210 g/mol. The largest absolute Gasteiger partial charge is 0.465 e. The van der Waals surface area contributed by atoms with Crippen LogP contribution in [0.2, 0.25) is 0 Å². The quantitative estimate of drug-likeness (QED) is 0.603. The van der Waals surface area contributed by atoms with Gasteiger partial charge in [0.15, 0.2) is 0 Å². The average Bonchev–Trinajstić information content (AvgIpc) is 1.80. The van der Waals surface area contributed by atoms with Crippen molar-refractivity contribution in [2.24, 2.45) is 0 Å². The van der Waals surface area contributed by atoms with Crippen molar-refractivity contribution in [2.45, 2.75) is 5.60 Å². The number of hydrogen-bond donors (Lipinski definition) is 2. The zero-order valence-corrected chi connectivity index (χ0v) is 6.84. The van der Waals surface area contributed by atoms with Gasteiger partial charge in [0, 0.05) is 5.33 Å². The normalized spacial score (nSPS) is 22.0. The Morgan fingerprint density at radius 3 is 2.50 bits per heavy atom. The van der Waals surface area contributed by atoms with Crippen LogP contribution in [0.1, 0.15) is 0 Å². The van der Waals surface area contributed by atoms with Crippen molar-refractivity contribution in [2.75, 3.05) is 18.4 Å². The summed E-state index contributed by atoms with van der Waals surface area (Å²) in [7, 11) is 0. The molecule has 1 aliphatic rings. The fraction of sp³-hybridized carbons (Fsp3) is 0.800. The van der Waals surface area contributed by atoms with Crippen LogP contribution < -0.4 is 0 Å². The smallest absolute Gasteiger partial charge is 0.407 e. The van der Waals surface area contributed by atoms with Crippen molar-refractivity contribution < 1.29 is 15.0 Å². The van der Waals surface area contributed by atoms with Gasteiger partial charge in [-0.2, -0.15) is 0 Å². The van der Waals surface area contributed by atoms with Crippen molar-refractivity contribution >= 4 is 22.0 Å². The van der Waals surface area contributed by atoms with E-state index in [9.17, 15) is 9.90 Å². The SMILES string of the molecule is O=C(O)N1CC(O)(CBr)C1. The number of likely N-dealkylation sites (tertiary alicyclic amines) is 1. The third-order valence-electron chi connectivity index (χ3n) is 1.49. The monoisotopic (exact) mass is 209 g/mol. The number of amides is 1. The van der Waals surface area contributed by atoms with Crippen molar-refractivity contribution in [1.29, 1.82) is 0 Å². The highest BCUT2D eigenvalue weighted by Gasteiger charge is 2.42. The van der Waals surface area contributed by atoms with Gasteiger partial charge in [-0.1, -0.05) is 15.9 Å².